The second kappa shape index (κ2) is 5.14. The highest BCUT2D eigenvalue weighted by Gasteiger charge is 2.02. The van der Waals surface area contributed by atoms with E-state index >= 15 is 0 Å². The van der Waals surface area contributed by atoms with E-state index in [4.69, 9.17) is 18.0 Å². The average molecular weight is 260 g/mol. The van der Waals surface area contributed by atoms with Crippen molar-refractivity contribution in [2.24, 2.45) is 5.73 Å². The fourth-order valence-electron chi connectivity index (χ4n) is 1.60. The molecule has 0 saturated heterocycles. The molecule has 0 aliphatic heterocycles. The standard InChI is InChI=1S/C14H13FN2S/c1-9-2-5-11(15)8-13(9)17-12-6-3-10(4-7-12)14(16)18/h2-8,17H,1H3,(H2,16,18). The first kappa shape index (κ1) is 12.5. The zero-order chi connectivity index (χ0) is 13.1. The molecule has 2 rings (SSSR count). The van der Waals surface area contributed by atoms with Gasteiger partial charge in [0.1, 0.15) is 10.8 Å². The maximum absolute atomic E-state index is 13.1. The summed E-state index contributed by atoms with van der Waals surface area (Å²) in [6.07, 6.45) is 0. The number of aryl methyl sites for hydroxylation is 1. The summed E-state index contributed by atoms with van der Waals surface area (Å²) >= 11 is 4.88. The summed E-state index contributed by atoms with van der Waals surface area (Å²) in [5.74, 6) is -0.261. The molecule has 4 heteroatoms. The normalized spacial score (nSPS) is 10.1. The molecule has 0 spiro atoms. The molecule has 18 heavy (non-hydrogen) atoms. The van der Waals surface area contributed by atoms with Gasteiger partial charge in [-0.1, -0.05) is 18.3 Å². The van der Waals surface area contributed by atoms with Gasteiger partial charge in [0.2, 0.25) is 0 Å². The topological polar surface area (TPSA) is 38.0 Å². The summed E-state index contributed by atoms with van der Waals surface area (Å²) in [7, 11) is 0. The molecule has 0 heterocycles. The average Bonchev–Trinajstić information content (AvgIpc) is 2.34. The van der Waals surface area contributed by atoms with Crippen LogP contribution in [0.1, 0.15) is 11.1 Å². The second-order valence-corrected chi connectivity index (χ2v) is 4.47. The van der Waals surface area contributed by atoms with Crippen molar-refractivity contribution in [3.8, 4) is 0 Å². The lowest BCUT2D eigenvalue weighted by Crippen LogP contribution is -2.08. The van der Waals surface area contributed by atoms with Gasteiger partial charge in [0.05, 0.1) is 0 Å². The van der Waals surface area contributed by atoms with Crippen LogP contribution in [-0.4, -0.2) is 4.99 Å². The van der Waals surface area contributed by atoms with E-state index in [1.165, 1.54) is 12.1 Å². The van der Waals surface area contributed by atoms with Crippen LogP contribution in [0.25, 0.3) is 0 Å². The number of nitrogens with one attached hydrogen (secondary N) is 1. The van der Waals surface area contributed by atoms with Crippen LogP contribution in [0, 0.1) is 12.7 Å². The van der Waals surface area contributed by atoms with Crippen molar-refractivity contribution in [3.05, 3.63) is 59.4 Å². The molecule has 2 aromatic carbocycles. The zero-order valence-electron chi connectivity index (χ0n) is 9.91. The summed E-state index contributed by atoms with van der Waals surface area (Å²) in [4.78, 5) is 0.364. The number of thiocarbonyl (C=S) groups is 1. The van der Waals surface area contributed by atoms with E-state index in [-0.39, 0.29) is 5.82 Å². The quantitative estimate of drug-likeness (QED) is 0.829. The van der Waals surface area contributed by atoms with Crippen molar-refractivity contribution in [1.29, 1.82) is 0 Å². The number of rotatable bonds is 3. The molecule has 3 N–H and O–H groups in total. The molecule has 0 aliphatic rings. The van der Waals surface area contributed by atoms with Crippen LogP contribution in [-0.2, 0) is 0 Å². The first-order valence-electron chi connectivity index (χ1n) is 5.49. The molecule has 0 atom stereocenters. The second-order valence-electron chi connectivity index (χ2n) is 4.03. The molecule has 0 amide bonds. The lowest BCUT2D eigenvalue weighted by atomic mass is 10.1. The highest BCUT2D eigenvalue weighted by Crippen LogP contribution is 2.21. The molecule has 0 bridgehead atoms. The molecule has 92 valence electrons. The van der Waals surface area contributed by atoms with Crippen LogP contribution in [0.2, 0.25) is 0 Å². The zero-order valence-corrected chi connectivity index (χ0v) is 10.7. The van der Waals surface area contributed by atoms with E-state index < -0.39 is 0 Å². The van der Waals surface area contributed by atoms with Crippen molar-refractivity contribution in [2.75, 3.05) is 5.32 Å². The van der Waals surface area contributed by atoms with Crippen LogP contribution in [0.15, 0.2) is 42.5 Å². The molecule has 0 unspecified atom stereocenters. The SMILES string of the molecule is Cc1ccc(F)cc1Nc1ccc(C(N)=S)cc1. The third-order valence-electron chi connectivity index (χ3n) is 2.65. The molecule has 2 aromatic rings. The van der Waals surface area contributed by atoms with Crippen LogP contribution in [0.5, 0.6) is 0 Å². The number of nitrogens with two attached hydrogens (primary N) is 1. The highest BCUT2D eigenvalue weighted by atomic mass is 32.1. The first-order chi connectivity index (χ1) is 8.56. The fourth-order valence-corrected chi connectivity index (χ4v) is 1.74. The third-order valence-corrected chi connectivity index (χ3v) is 2.88. The van der Waals surface area contributed by atoms with Gasteiger partial charge in [-0.3, -0.25) is 0 Å². The van der Waals surface area contributed by atoms with Gasteiger partial charge in [-0.05, 0) is 48.9 Å². The Morgan fingerprint density at radius 1 is 1.17 bits per heavy atom. The molecule has 2 nitrogen and oxygen atoms in total. The summed E-state index contributed by atoms with van der Waals surface area (Å²) in [5, 5.41) is 3.16. The Kier molecular flexibility index (Phi) is 3.58. The van der Waals surface area contributed by atoms with Crippen molar-refractivity contribution in [2.45, 2.75) is 6.92 Å². The van der Waals surface area contributed by atoms with E-state index in [9.17, 15) is 4.39 Å². The van der Waals surface area contributed by atoms with Crippen molar-refractivity contribution < 1.29 is 4.39 Å². The number of hydrogen-bond donors (Lipinski definition) is 2. The molecule has 0 saturated carbocycles. The summed E-state index contributed by atoms with van der Waals surface area (Å²) in [6.45, 7) is 1.92. The van der Waals surface area contributed by atoms with Gasteiger partial charge in [-0.25, -0.2) is 4.39 Å². The van der Waals surface area contributed by atoms with E-state index in [0.29, 0.717) is 4.99 Å². The summed E-state index contributed by atoms with van der Waals surface area (Å²) < 4.78 is 13.1. The number of anilines is 2. The Morgan fingerprint density at radius 2 is 1.83 bits per heavy atom. The van der Waals surface area contributed by atoms with Crippen LogP contribution in [0.3, 0.4) is 0 Å². The van der Waals surface area contributed by atoms with Crippen LogP contribution >= 0.6 is 12.2 Å². The molecule has 0 fully saturated rings. The smallest absolute Gasteiger partial charge is 0.125 e. The van der Waals surface area contributed by atoms with E-state index in [1.807, 2.05) is 31.2 Å². The Balaban J connectivity index is 2.23. The number of benzene rings is 2. The Labute approximate surface area is 111 Å². The predicted molar refractivity (Wildman–Crippen MR) is 76.7 cm³/mol. The summed E-state index contributed by atoms with van der Waals surface area (Å²) in [6, 6.07) is 12.0. The van der Waals surface area contributed by atoms with Crippen molar-refractivity contribution in [3.63, 3.8) is 0 Å². The maximum Gasteiger partial charge on any atom is 0.125 e. The Hall–Kier alpha value is -1.94. The van der Waals surface area contributed by atoms with Crippen LogP contribution in [0.4, 0.5) is 15.8 Å². The highest BCUT2D eigenvalue weighted by molar-refractivity contribution is 7.80. The number of halogens is 1. The first-order valence-corrected chi connectivity index (χ1v) is 5.90. The minimum Gasteiger partial charge on any atom is -0.389 e. The largest absolute Gasteiger partial charge is 0.389 e. The molecular formula is C14H13FN2S. The van der Waals surface area contributed by atoms with Crippen molar-refractivity contribution in [1.82, 2.24) is 0 Å². The van der Waals surface area contributed by atoms with Gasteiger partial charge >= 0.3 is 0 Å². The number of hydrogen-bond acceptors (Lipinski definition) is 2. The van der Waals surface area contributed by atoms with E-state index in [1.54, 1.807) is 6.07 Å². The molecular weight excluding hydrogens is 247 g/mol. The van der Waals surface area contributed by atoms with Gasteiger partial charge < -0.3 is 11.1 Å². The van der Waals surface area contributed by atoms with Gasteiger partial charge in [0, 0.05) is 16.9 Å². The van der Waals surface area contributed by atoms with Gasteiger partial charge in [-0.15, -0.1) is 0 Å². The Bertz CT molecular complexity index is 579. The molecule has 0 radical (unpaired) electrons. The monoisotopic (exact) mass is 260 g/mol. The van der Waals surface area contributed by atoms with E-state index in [2.05, 4.69) is 5.32 Å². The predicted octanol–water partition coefficient (Wildman–Crippen LogP) is 3.51. The van der Waals surface area contributed by atoms with Gasteiger partial charge in [-0.2, -0.15) is 0 Å². The lowest BCUT2D eigenvalue weighted by Gasteiger charge is -2.10. The minimum absolute atomic E-state index is 0.261. The molecule has 0 aromatic heterocycles. The molecule has 0 aliphatic carbocycles. The third kappa shape index (κ3) is 2.84. The van der Waals surface area contributed by atoms with E-state index in [0.717, 1.165) is 22.5 Å². The minimum atomic E-state index is -0.261. The fraction of sp³-hybridized carbons (Fsp3) is 0.0714. The van der Waals surface area contributed by atoms with Crippen molar-refractivity contribution >= 4 is 28.6 Å². The lowest BCUT2D eigenvalue weighted by molar-refractivity contribution is 0.628. The van der Waals surface area contributed by atoms with Gasteiger partial charge in [0.25, 0.3) is 0 Å². The summed E-state index contributed by atoms with van der Waals surface area (Å²) in [5.41, 5.74) is 8.93. The van der Waals surface area contributed by atoms with Crippen LogP contribution < -0.4 is 11.1 Å². The Morgan fingerprint density at radius 3 is 2.44 bits per heavy atom. The maximum atomic E-state index is 13.1. The van der Waals surface area contributed by atoms with Gasteiger partial charge in [0.15, 0.2) is 0 Å².